The van der Waals surface area contributed by atoms with Gasteiger partial charge >= 0.3 is 0 Å². The van der Waals surface area contributed by atoms with Crippen molar-refractivity contribution in [2.45, 2.75) is 19.9 Å². The Labute approximate surface area is 136 Å². The van der Waals surface area contributed by atoms with Crippen LogP contribution in [0.15, 0.2) is 24.3 Å². The molecule has 2 rings (SSSR count). The predicted molar refractivity (Wildman–Crippen MR) is 90.4 cm³/mol. The molecule has 22 heavy (non-hydrogen) atoms. The lowest BCUT2D eigenvalue weighted by molar-refractivity contribution is -0.131. The molecule has 1 atom stereocenters. The number of aryl methyl sites for hydroxylation is 1. The van der Waals surface area contributed by atoms with Crippen LogP contribution in [0.3, 0.4) is 0 Å². The van der Waals surface area contributed by atoms with Crippen molar-refractivity contribution in [3.8, 4) is 0 Å². The van der Waals surface area contributed by atoms with Gasteiger partial charge in [-0.25, -0.2) is 13.1 Å². The third kappa shape index (κ3) is 4.47. The van der Waals surface area contributed by atoms with Crippen molar-refractivity contribution in [1.29, 1.82) is 0 Å². The van der Waals surface area contributed by atoms with Crippen LogP contribution in [0.2, 0.25) is 0 Å². The zero-order valence-corrected chi connectivity index (χ0v) is 14.5. The van der Waals surface area contributed by atoms with Crippen molar-refractivity contribution in [3.05, 3.63) is 35.4 Å². The second-order valence-corrected chi connectivity index (χ2v) is 8.56. The fourth-order valence-corrected chi connectivity index (χ4v) is 3.98. The molecule has 0 radical (unpaired) electrons. The van der Waals surface area contributed by atoms with Crippen molar-refractivity contribution in [1.82, 2.24) is 9.62 Å². The van der Waals surface area contributed by atoms with Crippen LogP contribution in [0.5, 0.6) is 0 Å². The van der Waals surface area contributed by atoms with Gasteiger partial charge in [-0.15, -0.1) is 0 Å². The first-order valence-electron chi connectivity index (χ1n) is 7.34. The summed E-state index contributed by atoms with van der Waals surface area (Å²) in [6, 6.07) is 8.18. The molecule has 5 nitrogen and oxygen atoms in total. The second kappa shape index (κ2) is 7.48. The molecule has 0 aliphatic carbocycles. The Balaban J connectivity index is 2.09. The van der Waals surface area contributed by atoms with E-state index in [-0.39, 0.29) is 24.2 Å². The highest BCUT2D eigenvalue weighted by atomic mass is 32.2. The predicted octanol–water partition coefficient (Wildman–Crippen LogP) is 1.55. The number of thioether (sulfide) groups is 1. The molecular formula is C15H22N2O3S2. The van der Waals surface area contributed by atoms with Gasteiger partial charge in [0.2, 0.25) is 15.9 Å². The van der Waals surface area contributed by atoms with Crippen LogP contribution in [0.1, 0.15) is 24.1 Å². The fraction of sp³-hybridized carbons (Fsp3) is 0.533. The van der Waals surface area contributed by atoms with Gasteiger partial charge in [-0.2, -0.15) is 11.8 Å². The highest BCUT2D eigenvalue weighted by molar-refractivity contribution is 7.99. The SMILES string of the molecule is CCS(=O)(=O)NCC(=O)N1CCSC[C@H]1c1ccc(C)cc1. The van der Waals surface area contributed by atoms with E-state index in [1.54, 1.807) is 11.8 Å². The van der Waals surface area contributed by atoms with E-state index in [0.717, 1.165) is 17.1 Å². The highest BCUT2D eigenvalue weighted by Crippen LogP contribution is 2.29. The number of hydrogen-bond acceptors (Lipinski definition) is 4. The van der Waals surface area contributed by atoms with Crippen LogP contribution in [-0.2, 0) is 14.8 Å². The summed E-state index contributed by atoms with van der Waals surface area (Å²) in [5, 5.41) is 0. The lowest BCUT2D eigenvalue weighted by Gasteiger charge is -2.36. The quantitative estimate of drug-likeness (QED) is 0.882. The Hall–Kier alpha value is -1.05. The van der Waals surface area contributed by atoms with Crippen molar-refractivity contribution < 1.29 is 13.2 Å². The van der Waals surface area contributed by atoms with E-state index in [0.29, 0.717) is 6.54 Å². The number of nitrogens with one attached hydrogen (secondary N) is 1. The van der Waals surface area contributed by atoms with E-state index in [1.165, 1.54) is 5.56 Å². The van der Waals surface area contributed by atoms with E-state index in [2.05, 4.69) is 4.72 Å². The minimum Gasteiger partial charge on any atom is -0.333 e. The zero-order valence-electron chi connectivity index (χ0n) is 12.9. The van der Waals surface area contributed by atoms with Crippen molar-refractivity contribution in [3.63, 3.8) is 0 Å². The van der Waals surface area contributed by atoms with Crippen molar-refractivity contribution >= 4 is 27.7 Å². The molecule has 1 N–H and O–H groups in total. The third-order valence-electron chi connectivity index (χ3n) is 3.73. The van der Waals surface area contributed by atoms with Crippen molar-refractivity contribution in [2.24, 2.45) is 0 Å². The summed E-state index contributed by atoms with van der Waals surface area (Å²) >= 11 is 1.82. The Kier molecular flexibility index (Phi) is 5.88. The molecule has 1 aromatic rings. The number of rotatable bonds is 5. The van der Waals surface area contributed by atoms with Crippen LogP contribution in [0.25, 0.3) is 0 Å². The standard InChI is InChI=1S/C15H22N2O3S2/c1-3-22(19,20)16-10-15(18)17-8-9-21-11-14(17)13-6-4-12(2)5-7-13/h4-7,14,16H,3,8-11H2,1-2H3/t14-/m0/s1. The molecular weight excluding hydrogens is 320 g/mol. The molecule has 0 spiro atoms. The topological polar surface area (TPSA) is 66.5 Å². The van der Waals surface area contributed by atoms with E-state index in [9.17, 15) is 13.2 Å². The van der Waals surface area contributed by atoms with E-state index >= 15 is 0 Å². The molecule has 1 aromatic carbocycles. The van der Waals surface area contributed by atoms with Gasteiger partial charge in [0, 0.05) is 18.1 Å². The summed E-state index contributed by atoms with van der Waals surface area (Å²) in [4.78, 5) is 14.2. The zero-order chi connectivity index (χ0) is 16.2. The second-order valence-electron chi connectivity index (χ2n) is 5.31. The maximum absolute atomic E-state index is 12.4. The Bertz CT molecular complexity index is 614. The van der Waals surface area contributed by atoms with Gasteiger partial charge in [-0.05, 0) is 19.4 Å². The first-order valence-corrected chi connectivity index (χ1v) is 10.1. The average Bonchev–Trinajstić information content (AvgIpc) is 2.53. The summed E-state index contributed by atoms with van der Waals surface area (Å²) in [5.41, 5.74) is 2.28. The number of sulfonamides is 1. The van der Waals surface area contributed by atoms with Crippen LogP contribution in [0, 0.1) is 6.92 Å². The van der Waals surface area contributed by atoms with Gasteiger partial charge in [0.15, 0.2) is 0 Å². The minimum absolute atomic E-state index is 0.0120. The summed E-state index contributed by atoms with van der Waals surface area (Å²) in [7, 11) is -3.34. The molecule has 1 heterocycles. The van der Waals surface area contributed by atoms with Crippen molar-refractivity contribution in [2.75, 3.05) is 30.3 Å². The normalized spacial score (nSPS) is 19.2. The number of benzene rings is 1. The van der Waals surface area contributed by atoms with Gasteiger partial charge in [0.05, 0.1) is 18.3 Å². The average molecular weight is 342 g/mol. The largest absolute Gasteiger partial charge is 0.333 e. The fourth-order valence-electron chi connectivity index (χ4n) is 2.34. The van der Waals surface area contributed by atoms with Gasteiger partial charge in [0.25, 0.3) is 0 Å². The molecule has 1 saturated heterocycles. The van der Waals surface area contributed by atoms with Crippen LogP contribution in [-0.4, -0.2) is 49.6 Å². The van der Waals surface area contributed by atoms with Crippen LogP contribution < -0.4 is 4.72 Å². The number of carbonyl (C=O) groups excluding carboxylic acids is 1. The molecule has 0 bridgehead atoms. The van der Waals surface area contributed by atoms with E-state index in [1.807, 2.05) is 43.0 Å². The van der Waals surface area contributed by atoms with E-state index in [4.69, 9.17) is 0 Å². The maximum atomic E-state index is 12.4. The lowest BCUT2D eigenvalue weighted by atomic mass is 10.0. The summed E-state index contributed by atoms with van der Waals surface area (Å²) in [5.74, 6) is 1.55. The molecule has 0 saturated carbocycles. The number of nitrogens with zero attached hydrogens (tertiary/aromatic N) is 1. The molecule has 122 valence electrons. The highest BCUT2D eigenvalue weighted by Gasteiger charge is 2.28. The first kappa shape index (κ1) is 17.3. The van der Waals surface area contributed by atoms with Crippen LogP contribution >= 0.6 is 11.8 Å². The molecule has 0 aromatic heterocycles. The molecule has 0 unspecified atom stereocenters. The van der Waals surface area contributed by atoms with Gasteiger partial charge in [-0.1, -0.05) is 29.8 Å². The summed E-state index contributed by atoms with van der Waals surface area (Å²) < 4.78 is 25.3. The summed E-state index contributed by atoms with van der Waals surface area (Å²) in [6.07, 6.45) is 0. The number of carbonyl (C=O) groups is 1. The molecule has 1 aliphatic rings. The first-order chi connectivity index (χ1) is 10.4. The lowest BCUT2D eigenvalue weighted by Crippen LogP contribution is -2.45. The van der Waals surface area contributed by atoms with Gasteiger partial charge in [0.1, 0.15) is 0 Å². The molecule has 1 fully saturated rings. The number of hydrogen-bond donors (Lipinski definition) is 1. The molecule has 7 heteroatoms. The molecule has 1 amide bonds. The van der Waals surface area contributed by atoms with Gasteiger partial charge < -0.3 is 4.90 Å². The maximum Gasteiger partial charge on any atom is 0.238 e. The minimum atomic E-state index is -3.34. The Morgan fingerprint density at radius 2 is 2.05 bits per heavy atom. The Morgan fingerprint density at radius 3 is 2.68 bits per heavy atom. The third-order valence-corrected chi connectivity index (χ3v) is 6.10. The smallest absolute Gasteiger partial charge is 0.238 e. The monoisotopic (exact) mass is 342 g/mol. The van der Waals surface area contributed by atoms with E-state index < -0.39 is 10.0 Å². The summed E-state index contributed by atoms with van der Waals surface area (Å²) in [6.45, 7) is 4.07. The van der Waals surface area contributed by atoms with Crippen LogP contribution in [0.4, 0.5) is 0 Å². The Morgan fingerprint density at radius 1 is 1.36 bits per heavy atom. The van der Waals surface area contributed by atoms with Gasteiger partial charge in [-0.3, -0.25) is 4.79 Å². The molecule has 1 aliphatic heterocycles. The number of amides is 1.